The van der Waals surface area contributed by atoms with E-state index in [9.17, 15) is 0 Å². The Labute approximate surface area is 123 Å². The average molecular weight is 276 g/mol. The average Bonchev–Trinajstić information content (AvgIpc) is 2.39. The van der Waals surface area contributed by atoms with Crippen LogP contribution in [0.4, 0.5) is 0 Å². The number of hydrogen-bond donors (Lipinski definition) is 1. The number of likely N-dealkylation sites (N-methyl/N-ethyl adjacent to an activating group) is 1. The molecule has 0 bridgehead atoms. The van der Waals surface area contributed by atoms with Crippen molar-refractivity contribution in [1.29, 1.82) is 0 Å². The van der Waals surface area contributed by atoms with Gasteiger partial charge in [0.25, 0.3) is 0 Å². The third kappa shape index (κ3) is 4.27. The maximum absolute atomic E-state index is 4.59. The van der Waals surface area contributed by atoms with E-state index in [-0.39, 0.29) is 5.54 Å². The Morgan fingerprint density at radius 3 is 2.65 bits per heavy atom. The molecule has 1 aliphatic heterocycles. The molecule has 0 aromatic carbocycles. The molecule has 1 fully saturated rings. The highest BCUT2D eigenvalue weighted by Gasteiger charge is 2.28. The van der Waals surface area contributed by atoms with Gasteiger partial charge in [0.05, 0.1) is 5.69 Å². The van der Waals surface area contributed by atoms with Crippen LogP contribution in [0, 0.1) is 6.92 Å². The largest absolute Gasteiger partial charge is 0.314 e. The second kappa shape index (κ2) is 6.66. The van der Waals surface area contributed by atoms with Crippen LogP contribution in [-0.2, 0) is 6.54 Å². The first-order chi connectivity index (χ1) is 9.47. The van der Waals surface area contributed by atoms with Crippen molar-refractivity contribution in [2.75, 3.05) is 39.8 Å². The van der Waals surface area contributed by atoms with Gasteiger partial charge in [-0.05, 0) is 40.0 Å². The fraction of sp³-hybridized carbons (Fsp3) is 0.688. The topological polar surface area (TPSA) is 31.4 Å². The number of nitrogens with zero attached hydrogens (tertiary/aromatic N) is 3. The van der Waals surface area contributed by atoms with Crippen molar-refractivity contribution in [3.05, 3.63) is 29.6 Å². The van der Waals surface area contributed by atoms with E-state index in [0.29, 0.717) is 0 Å². The maximum Gasteiger partial charge on any atom is 0.0547 e. The van der Waals surface area contributed by atoms with Crippen molar-refractivity contribution in [1.82, 2.24) is 20.1 Å². The molecule has 0 saturated carbocycles. The van der Waals surface area contributed by atoms with Crippen LogP contribution in [0.1, 0.15) is 25.2 Å². The Kier molecular flexibility index (Phi) is 5.13. The fourth-order valence-electron chi connectivity index (χ4n) is 3.05. The Morgan fingerprint density at radius 1 is 1.30 bits per heavy atom. The van der Waals surface area contributed by atoms with Gasteiger partial charge in [0.1, 0.15) is 0 Å². The lowest BCUT2D eigenvalue weighted by Gasteiger charge is -2.43. The van der Waals surface area contributed by atoms with E-state index in [0.717, 1.165) is 50.7 Å². The third-order valence-corrected chi connectivity index (χ3v) is 4.01. The van der Waals surface area contributed by atoms with Gasteiger partial charge < -0.3 is 5.32 Å². The summed E-state index contributed by atoms with van der Waals surface area (Å²) >= 11 is 0. The van der Waals surface area contributed by atoms with Crippen LogP contribution in [0.15, 0.2) is 18.2 Å². The minimum Gasteiger partial charge on any atom is -0.314 e. The van der Waals surface area contributed by atoms with Gasteiger partial charge in [0.15, 0.2) is 0 Å². The molecule has 0 unspecified atom stereocenters. The van der Waals surface area contributed by atoms with Crippen LogP contribution in [0.3, 0.4) is 0 Å². The second-order valence-electron chi connectivity index (χ2n) is 6.49. The van der Waals surface area contributed by atoms with Gasteiger partial charge >= 0.3 is 0 Å². The number of aromatic nitrogens is 1. The van der Waals surface area contributed by atoms with Crippen molar-refractivity contribution < 1.29 is 0 Å². The van der Waals surface area contributed by atoms with Gasteiger partial charge in [-0.1, -0.05) is 6.07 Å². The number of pyridine rings is 1. The SMILES string of the molecule is Cc1cccc(CN(C)CC(C)(C)N2CCNCC2)n1. The molecular formula is C16H28N4. The standard InChI is InChI=1S/C16H28N4/c1-14-6-5-7-15(18-14)12-19(4)13-16(2,3)20-10-8-17-9-11-20/h5-7,17H,8-13H2,1-4H3. The molecule has 1 aromatic heterocycles. The zero-order valence-electron chi connectivity index (χ0n) is 13.3. The summed E-state index contributed by atoms with van der Waals surface area (Å²) in [5.74, 6) is 0. The smallest absolute Gasteiger partial charge is 0.0547 e. The highest BCUT2D eigenvalue weighted by molar-refractivity contribution is 5.09. The molecule has 20 heavy (non-hydrogen) atoms. The minimum atomic E-state index is 0.209. The van der Waals surface area contributed by atoms with E-state index >= 15 is 0 Å². The molecule has 1 aliphatic rings. The monoisotopic (exact) mass is 276 g/mol. The molecule has 0 spiro atoms. The zero-order chi connectivity index (χ0) is 14.6. The van der Waals surface area contributed by atoms with Gasteiger partial charge in [0, 0.05) is 50.5 Å². The molecule has 1 aromatic rings. The molecule has 4 heteroatoms. The van der Waals surface area contributed by atoms with Crippen LogP contribution in [0.5, 0.6) is 0 Å². The van der Waals surface area contributed by atoms with Crippen molar-refractivity contribution in [2.45, 2.75) is 32.9 Å². The van der Waals surface area contributed by atoms with Crippen molar-refractivity contribution in [3.8, 4) is 0 Å². The Morgan fingerprint density at radius 2 is 2.00 bits per heavy atom. The number of hydrogen-bond acceptors (Lipinski definition) is 4. The molecule has 0 amide bonds. The summed E-state index contributed by atoms with van der Waals surface area (Å²) in [6, 6.07) is 6.25. The summed E-state index contributed by atoms with van der Waals surface area (Å²) in [4.78, 5) is 9.56. The quantitative estimate of drug-likeness (QED) is 0.883. The van der Waals surface area contributed by atoms with E-state index in [1.807, 2.05) is 13.0 Å². The first kappa shape index (κ1) is 15.4. The molecule has 0 aliphatic carbocycles. The molecule has 1 N–H and O–H groups in total. The molecule has 1 saturated heterocycles. The number of nitrogens with one attached hydrogen (secondary N) is 1. The van der Waals surface area contributed by atoms with E-state index < -0.39 is 0 Å². The van der Waals surface area contributed by atoms with Crippen LogP contribution >= 0.6 is 0 Å². The molecule has 112 valence electrons. The summed E-state index contributed by atoms with van der Waals surface area (Å²) in [5, 5.41) is 3.42. The molecule has 4 nitrogen and oxygen atoms in total. The summed E-state index contributed by atoms with van der Waals surface area (Å²) in [6.07, 6.45) is 0. The first-order valence-electron chi connectivity index (χ1n) is 7.54. The van der Waals surface area contributed by atoms with Crippen LogP contribution in [0.25, 0.3) is 0 Å². The van der Waals surface area contributed by atoms with Gasteiger partial charge in [-0.3, -0.25) is 14.8 Å². The fourth-order valence-corrected chi connectivity index (χ4v) is 3.05. The van der Waals surface area contributed by atoms with Crippen molar-refractivity contribution in [2.24, 2.45) is 0 Å². The Hall–Kier alpha value is -0.970. The summed E-state index contributed by atoms with van der Waals surface area (Å²) in [5.41, 5.74) is 2.46. The molecular weight excluding hydrogens is 248 g/mol. The highest BCUT2D eigenvalue weighted by Crippen LogP contribution is 2.17. The van der Waals surface area contributed by atoms with E-state index in [1.165, 1.54) is 0 Å². The van der Waals surface area contributed by atoms with E-state index in [4.69, 9.17) is 0 Å². The van der Waals surface area contributed by atoms with Crippen molar-refractivity contribution in [3.63, 3.8) is 0 Å². The first-order valence-corrected chi connectivity index (χ1v) is 7.54. The van der Waals surface area contributed by atoms with Crippen LogP contribution in [0.2, 0.25) is 0 Å². The highest BCUT2D eigenvalue weighted by atomic mass is 15.3. The van der Waals surface area contributed by atoms with Gasteiger partial charge in [-0.25, -0.2) is 0 Å². The van der Waals surface area contributed by atoms with E-state index in [1.54, 1.807) is 0 Å². The second-order valence-corrected chi connectivity index (χ2v) is 6.49. The van der Waals surface area contributed by atoms with Crippen LogP contribution < -0.4 is 5.32 Å². The Bertz CT molecular complexity index is 424. The molecule has 2 rings (SSSR count). The van der Waals surface area contributed by atoms with Gasteiger partial charge in [-0.15, -0.1) is 0 Å². The van der Waals surface area contributed by atoms with Gasteiger partial charge in [0.2, 0.25) is 0 Å². The predicted octanol–water partition coefficient (Wildman–Crippen LogP) is 1.51. The molecule has 0 atom stereocenters. The number of aryl methyl sites for hydroxylation is 1. The molecule has 2 heterocycles. The summed E-state index contributed by atoms with van der Waals surface area (Å²) in [7, 11) is 2.19. The lowest BCUT2D eigenvalue weighted by atomic mass is 10.0. The van der Waals surface area contributed by atoms with Gasteiger partial charge in [-0.2, -0.15) is 0 Å². The number of rotatable bonds is 5. The lowest BCUT2D eigenvalue weighted by molar-refractivity contribution is 0.0690. The lowest BCUT2D eigenvalue weighted by Crippen LogP contribution is -2.57. The summed E-state index contributed by atoms with van der Waals surface area (Å²) in [6.45, 7) is 13.2. The maximum atomic E-state index is 4.59. The van der Waals surface area contributed by atoms with E-state index in [2.05, 4.69) is 53.1 Å². The third-order valence-electron chi connectivity index (χ3n) is 4.01. The normalized spacial score (nSPS) is 17.6. The van der Waals surface area contributed by atoms with Crippen molar-refractivity contribution >= 4 is 0 Å². The minimum absolute atomic E-state index is 0.209. The summed E-state index contributed by atoms with van der Waals surface area (Å²) < 4.78 is 0. The van der Waals surface area contributed by atoms with Crippen LogP contribution in [-0.4, -0.2) is 60.1 Å². The zero-order valence-corrected chi connectivity index (χ0v) is 13.3. The predicted molar refractivity (Wildman–Crippen MR) is 83.8 cm³/mol. The Balaban J connectivity index is 1.90. The number of piperazine rings is 1. The molecule has 0 radical (unpaired) electrons.